The number of hydrogen-bond acceptors (Lipinski definition) is 3. The van der Waals surface area contributed by atoms with E-state index < -0.39 is 0 Å². The predicted octanol–water partition coefficient (Wildman–Crippen LogP) is 3.69. The highest BCUT2D eigenvalue weighted by atomic mass is 35.5. The Labute approximate surface area is 117 Å². The largest absolute Gasteiger partial charge is 0.356 e. The van der Waals surface area contributed by atoms with Crippen LogP contribution in [0.3, 0.4) is 0 Å². The molecule has 0 spiro atoms. The van der Waals surface area contributed by atoms with Gasteiger partial charge < -0.3 is 4.90 Å². The Balaban J connectivity index is 2.11. The zero-order valence-corrected chi connectivity index (χ0v) is 11.4. The van der Waals surface area contributed by atoms with Crippen LogP contribution in [0, 0.1) is 0 Å². The summed E-state index contributed by atoms with van der Waals surface area (Å²) in [5.74, 6) is 0.810. The first-order chi connectivity index (χ1) is 9.28. The molecule has 0 N–H and O–H groups in total. The standard InChI is InChI=1S/C15H15ClN2O/c16-13-4-5-14-11(9-13)8-12(10-19)15(17-14)18-6-2-1-3-7-18/h4-5,8-10H,1-3,6-7H2. The zero-order valence-electron chi connectivity index (χ0n) is 10.6. The van der Waals surface area contributed by atoms with E-state index in [1.807, 2.05) is 24.3 Å². The van der Waals surface area contributed by atoms with Crippen LogP contribution in [-0.4, -0.2) is 24.4 Å². The van der Waals surface area contributed by atoms with Gasteiger partial charge in [0.15, 0.2) is 6.29 Å². The maximum absolute atomic E-state index is 11.3. The number of benzene rings is 1. The lowest BCUT2D eigenvalue weighted by molar-refractivity contribution is 0.112. The summed E-state index contributed by atoms with van der Waals surface area (Å²) in [6, 6.07) is 7.46. The topological polar surface area (TPSA) is 33.2 Å². The van der Waals surface area contributed by atoms with Gasteiger partial charge in [-0.3, -0.25) is 4.79 Å². The predicted molar refractivity (Wildman–Crippen MR) is 78.2 cm³/mol. The van der Waals surface area contributed by atoms with Crippen LogP contribution in [-0.2, 0) is 0 Å². The van der Waals surface area contributed by atoms with Crippen LogP contribution < -0.4 is 4.90 Å². The van der Waals surface area contributed by atoms with Crippen LogP contribution in [0.4, 0.5) is 5.82 Å². The van der Waals surface area contributed by atoms with Gasteiger partial charge in [0.2, 0.25) is 0 Å². The number of aldehydes is 1. The fraction of sp³-hybridized carbons (Fsp3) is 0.333. The van der Waals surface area contributed by atoms with Crippen molar-refractivity contribution in [2.75, 3.05) is 18.0 Å². The van der Waals surface area contributed by atoms with Gasteiger partial charge in [-0.2, -0.15) is 0 Å². The van der Waals surface area contributed by atoms with E-state index in [0.29, 0.717) is 10.6 Å². The minimum atomic E-state index is 0.650. The van der Waals surface area contributed by atoms with E-state index in [-0.39, 0.29) is 0 Å². The summed E-state index contributed by atoms with van der Waals surface area (Å²) in [6.07, 6.45) is 4.48. The fourth-order valence-electron chi connectivity index (χ4n) is 2.60. The van der Waals surface area contributed by atoms with E-state index in [1.165, 1.54) is 19.3 Å². The number of piperidine rings is 1. The van der Waals surface area contributed by atoms with Crippen LogP contribution in [0.1, 0.15) is 29.6 Å². The Morgan fingerprint density at radius 3 is 2.68 bits per heavy atom. The molecule has 1 aliphatic rings. The molecule has 1 saturated heterocycles. The molecular weight excluding hydrogens is 260 g/mol. The third kappa shape index (κ3) is 2.43. The second-order valence-electron chi connectivity index (χ2n) is 4.90. The van der Waals surface area contributed by atoms with Crippen molar-refractivity contribution in [3.05, 3.63) is 34.9 Å². The number of anilines is 1. The number of hydrogen-bond donors (Lipinski definition) is 0. The molecule has 0 unspecified atom stereocenters. The molecule has 0 radical (unpaired) electrons. The molecule has 1 aliphatic heterocycles. The number of carbonyl (C=O) groups is 1. The minimum Gasteiger partial charge on any atom is -0.356 e. The summed E-state index contributed by atoms with van der Waals surface area (Å²) in [4.78, 5) is 18.2. The van der Waals surface area contributed by atoms with Crippen LogP contribution >= 0.6 is 11.6 Å². The molecule has 1 fully saturated rings. The SMILES string of the molecule is O=Cc1cc2cc(Cl)ccc2nc1N1CCCCC1. The van der Waals surface area contributed by atoms with Crippen molar-refractivity contribution in [1.82, 2.24) is 4.98 Å². The van der Waals surface area contributed by atoms with E-state index >= 15 is 0 Å². The van der Waals surface area contributed by atoms with Gasteiger partial charge in [-0.05, 0) is 43.5 Å². The monoisotopic (exact) mass is 274 g/mol. The summed E-state index contributed by atoms with van der Waals surface area (Å²) in [7, 11) is 0. The van der Waals surface area contributed by atoms with Crippen molar-refractivity contribution in [2.45, 2.75) is 19.3 Å². The van der Waals surface area contributed by atoms with Gasteiger partial charge in [0.25, 0.3) is 0 Å². The highest BCUT2D eigenvalue weighted by molar-refractivity contribution is 6.31. The highest BCUT2D eigenvalue weighted by Gasteiger charge is 2.16. The number of carbonyl (C=O) groups excluding carboxylic acids is 1. The maximum Gasteiger partial charge on any atom is 0.153 e. The van der Waals surface area contributed by atoms with E-state index in [2.05, 4.69) is 9.88 Å². The van der Waals surface area contributed by atoms with E-state index in [4.69, 9.17) is 11.6 Å². The number of rotatable bonds is 2. The van der Waals surface area contributed by atoms with Crippen molar-refractivity contribution >= 4 is 34.6 Å². The number of fused-ring (bicyclic) bond motifs is 1. The number of halogens is 1. The lowest BCUT2D eigenvalue weighted by Gasteiger charge is -2.28. The van der Waals surface area contributed by atoms with Crippen molar-refractivity contribution in [1.29, 1.82) is 0 Å². The molecule has 3 rings (SSSR count). The van der Waals surface area contributed by atoms with Gasteiger partial charge in [-0.15, -0.1) is 0 Å². The van der Waals surface area contributed by atoms with Crippen molar-refractivity contribution < 1.29 is 4.79 Å². The summed E-state index contributed by atoms with van der Waals surface area (Å²) < 4.78 is 0. The van der Waals surface area contributed by atoms with Gasteiger partial charge in [-0.1, -0.05) is 11.6 Å². The molecule has 4 heteroatoms. The van der Waals surface area contributed by atoms with Gasteiger partial charge in [0.1, 0.15) is 5.82 Å². The Morgan fingerprint density at radius 1 is 1.16 bits per heavy atom. The van der Waals surface area contributed by atoms with E-state index in [9.17, 15) is 4.79 Å². The maximum atomic E-state index is 11.3. The average Bonchev–Trinajstić information content (AvgIpc) is 2.46. The number of nitrogens with zero attached hydrogens (tertiary/aromatic N) is 2. The fourth-order valence-corrected chi connectivity index (χ4v) is 2.78. The van der Waals surface area contributed by atoms with Crippen molar-refractivity contribution in [3.8, 4) is 0 Å². The summed E-state index contributed by atoms with van der Waals surface area (Å²) in [5, 5.41) is 1.58. The second-order valence-corrected chi connectivity index (χ2v) is 5.34. The lowest BCUT2D eigenvalue weighted by atomic mass is 10.1. The summed E-state index contributed by atoms with van der Waals surface area (Å²) in [5.41, 5.74) is 1.53. The summed E-state index contributed by atoms with van der Waals surface area (Å²) in [6.45, 7) is 1.96. The van der Waals surface area contributed by atoms with Crippen molar-refractivity contribution in [3.63, 3.8) is 0 Å². The Bertz CT molecular complexity index is 621. The first-order valence-electron chi connectivity index (χ1n) is 6.58. The van der Waals surface area contributed by atoms with Crippen LogP contribution in [0.5, 0.6) is 0 Å². The lowest BCUT2D eigenvalue weighted by Crippen LogP contribution is -2.31. The summed E-state index contributed by atoms with van der Waals surface area (Å²) >= 11 is 5.98. The van der Waals surface area contributed by atoms with Gasteiger partial charge >= 0.3 is 0 Å². The first-order valence-corrected chi connectivity index (χ1v) is 6.96. The van der Waals surface area contributed by atoms with E-state index in [0.717, 1.165) is 36.1 Å². The molecule has 2 heterocycles. The second kappa shape index (κ2) is 5.17. The zero-order chi connectivity index (χ0) is 13.2. The minimum absolute atomic E-state index is 0.650. The molecule has 0 atom stereocenters. The quantitative estimate of drug-likeness (QED) is 0.783. The van der Waals surface area contributed by atoms with Crippen LogP contribution in [0.2, 0.25) is 5.02 Å². The normalized spacial score (nSPS) is 15.7. The highest BCUT2D eigenvalue weighted by Crippen LogP contribution is 2.26. The van der Waals surface area contributed by atoms with Crippen LogP contribution in [0.25, 0.3) is 10.9 Å². The average molecular weight is 275 g/mol. The van der Waals surface area contributed by atoms with Gasteiger partial charge in [0.05, 0.1) is 11.1 Å². The molecule has 1 aromatic heterocycles. The van der Waals surface area contributed by atoms with E-state index in [1.54, 1.807) is 0 Å². The third-order valence-corrected chi connectivity index (χ3v) is 3.80. The smallest absolute Gasteiger partial charge is 0.153 e. The molecule has 0 saturated carbocycles. The molecule has 3 nitrogen and oxygen atoms in total. The molecule has 2 aromatic rings. The van der Waals surface area contributed by atoms with Gasteiger partial charge in [0, 0.05) is 23.5 Å². The molecule has 0 aliphatic carbocycles. The third-order valence-electron chi connectivity index (χ3n) is 3.57. The number of pyridine rings is 1. The Morgan fingerprint density at radius 2 is 1.95 bits per heavy atom. The Hall–Kier alpha value is -1.61. The van der Waals surface area contributed by atoms with Crippen molar-refractivity contribution in [2.24, 2.45) is 0 Å². The van der Waals surface area contributed by atoms with Crippen LogP contribution in [0.15, 0.2) is 24.3 Å². The Kier molecular flexibility index (Phi) is 3.38. The number of aromatic nitrogens is 1. The molecule has 0 amide bonds. The molecule has 0 bridgehead atoms. The molecule has 19 heavy (non-hydrogen) atoms. The first kappa shape index (κ1) is 12.4. The molecule has 98 valence electrons. The van der Waals surface area contributed by atoms with Gasteiger partial charge in [-0.25, -0.2) is 4.98 Å². The molecule has 1 aromatic carbocycles. The molecular formula is C15H15ClN2O.